The van der Waals surface area contributed by atoms with Crippen LogP contribution in [0.2, 0.25) is 0 Å². The van der Waals surface area contributed by atoms with Crippen LogP contribution in [0.3, 0.4) is 0 Å². The Labute approximate surface area is 107 Å². The van der Waals surface area contributed by atoms with Crippen molar-refractivity contribution in [3.8, 4) is 6.07 Å². The van der Waals surface area contributed by atoms with E-state index in [4.69, 9.17) is 5.26 Å². The van der Waals surface area contributed by atoms with Gasteiger partial charge in [0.05, 0.1) is 12.6 Å². The van der Waals surface area contributed by atoms with Crippen molar-refractivity contribution < 1.29 is 9.59 Å². The maximum atomic E-state index is 12.5. The number of carbonyl (C=O) groups is 2. The van der Waals surface area contributed by atoms with E-state index < -0.39 is 5.92 Å². The lowest BCUT2D eigenvalue weighted by molar-refractivity contribution is -0.141. The maximum absolute atomic E-state index is 12.5. The number of nitrogens with zero attached hydrogens (tertiary/aromatic N) is 2. The van der Waals surface area contributed by atoms with E-state index in [0.29, 0.717) is 6.54 Å². The van der Waals surface area contributed by atoms with Crippen LogP contribution in [-0.4, -0.2) is 29.2 Å². The molecule has 96 valence electrons. The van der Waals surface area contributed by atoms with E-state index in [9.17, 15) is 9.59 Å². The number of Topliss-reactive ketones (excluding diaryl/α,β-unsaturated/α-hetero) is 1. The molecule has 3 aliphatic rings. The molecule has 18 heavy (non-hydrogen) atoms. The van der Waals surface area contributed by atoms with Crippen LogP contribution in [0.5, 0.6) is 0 Å². The van der Waals surface area contributed by atoms with E-state index >= 15 is 0 Å². The Hall–Kier alpha value is -1.37. The summed E-state index contributed by atoms with van der Waals surface area (Å²) in [4.78, 5) is 26.4. The number of rotatable bonds is 1. The standard InChI is InChI=1S/C14H18N2O2/c1-13(2)9-4-5-14(13,3)11(17)10(9)12(18)16-7-8(16)6-15/h8-10H,4-5,7H2,1-3H3. The largest absolute Gasteiger partial charge is 0.321 e. The molecule has 4 heteroatoms. The number of carbonyl (C=O) groups excluding carboxylic acids is 2. The summed E-state index contributed by atoms with van der Waals surface area (Å²) in [6.45, 7) is 6.73. The Morgan fingerprint density at radius 3 is 2.56 bits per heavy atom. The zero-order valence-corrected chi connectivity index (χ0v) is 11.1. The molecule has 2 saturated carbocycles. The first-order valence-electron chi connectivity index (χ1n) is 6.59. The molecule has 2 aliphatic carbocycles. The highest BCUT2D eigenvalue weighted by Crippen LogP contribution is 2.66. The number of amides is 1. The van der Waals surface area contributed by atoms with Crippen LogP contribution in [0.4, 0.5) is 0 Å². The fraction of sp³-hybridized carbons (Fsp3) is 0.786. The highest BCUT2D eigenvalue weighted by atomic mass is 16.2. The van der Waals surface area contributed by atoms with Gasteiger partial charge < -0.3 is 4.90 Å². The lowest BCUT2D eigenvalue weighted by Gasteiger charge is -2.32. The predicted molar refractivity (Wildman–Crippen MR) is 64.2 cm³/mol. The number of fused-ring (bicyclic) bond motifs is 2. The Kier molecular flexibility index (Phi) is 2.04. The first-order chi connectivity index (χ1) is 8.34. The number of nitriles is 1. The molecule has 4 nitrogen and oxygen atoms in total. The first kappa shape index (κ1) is 11.7. The summed E-state index contributed by atoms with van der Waals surface area (Å²) in [7, 11) is 0. The zero-order chi connectivity index (χ0) is 13.3. The third-order valence-electron chi connectivity index (χ3n) is 5.84. The molecule has 1 saturated heterocycles. The molecule has 0 N–H and O–H groups in total. The molecule has 0 radical (unpaired) electrons. The Bertz CT molecular complexity index is 491. The molecule has 1 amide bonds. The molecule has 3 rings (SSSR count). The second-order valence-corrected chi connectivity index (χ2v) is 6.68. The van der Waals surface area contributed by atoms with Crippen LogP contribution < -0.4 is 0 Å². The van der Waals surface area contributed by atoms with Crippen LogP contribution in [0.25, 0.3) is 0 Å². The van der Waals surface area contributed by atoms with E-state index in [0.717, 1.165) is 12.8 Å². The van der Waals surface area contributed by atoms with Crippen molar-refractivity contribution in [1.82, 2.24) is 4.90 Å². The normalized spacial score (nSPS) is 44.0. The van der Waals surface area contributed by atoms with Gasteiger partial charge in [-0.05, 0) is 24.2 Å². The molecule has 2 bridgehead atoms. The van der Waals surface area contributed by atoms with Gasteiger partial charge in [-0.25, -0.2) is 0 Å². The molecule has 1 aliphatic heterocycles. The average molecular weight is 246 g/mol. The molecular formula is C14H18N2O2. The molecule has 1 heterocycles. The summed E-state index contributed by atoms with van der Waals surface area (Å²) >= 11 is 0. The molecule has 3 fully saturated rings. The van der Waals surface area contributed by atoms with Crippen LogP contribution in [0.15, 0.2) is 0 Å². The van der Waals surface area contributed by atoms with Gasteiger partial charge in [0.1, 0.15) is 12.0 Å². The van der Waals surface area contributed by atoms with E-state index in [2.05, 4.69) is 19.9 Å². The van der Waals surface area contributed by atoms with E-state index in [-0.39, 0.29) is 34.5 Å². The second-order valence-electron chi connectivity index (χ2n) is 6.68. The van der Waals surface area contributed by atoms with Gasteiger partial charge in [-0.2, -0.15) is 5.26 Å². The minimum Gasteiger partial charge on any atom is -0.321 e. The van der Waals surface area contributed by atoms with Gasteiger partial charge in [0.15, 0.2) is 5.78 Å². The molecule has 0 aromatic rings. The second kappa shape index (κ2) is 3.14. The molecule has 4 atom stereocenters. The van der Waals surface area contributed by atoms with Gasteiger partial charge in [-0.15, -0.1) is 0 Å². The minimum atomic E-state index is -0.489. The fourth-order valence-electron chi connectivity index (χ4n) is 4.04. The third kappa shape index (κ3) is 1.10. The molecule has 0 aromatic heterocycles. The summed E-state index contributed by atoms with van der Waals surface area (Å²) < 4.78 is 0. The average Bonchev–Trinajstić information content (AvgIpc) is 3.03. The summed E-state index contributed by atoms with van der Waals surface area (Å²) in [5.74, 6) is -0.329. The van der Waals surface area contributed by atoms with Crippen molar-refractivity contribution in [3.63, 3.8) is 0 Å². The van der Waals surface area contributed by atoms with E-state index in [1.54, 1.807) is 4.90 Å². The smallest absolute Gasteiger partial charge is 0.234 e. The maximum Gasteiger partial charge on any atom is 0.234 e. The summed E-state index contributed by atoms with van der Waals surface area (Å²) in [5, 5.41) is 8.79. The lowest BCUT2D eigenvalue weighted by atomic mass is 9.70. The van der Waals surface area contributed by atoms with Crippen LogP contribution >= 0.6 is 0 Å². The number of hydrogen-bond acceptors (Lipinski definition) is 3. The van der Waals surface area contributed by atoms with Crippen molar-refractivity contribution in [1.29, 1.82) is 5.26 Å². The Morgan fingerprint density at radius 1 is 1.44 bits per heavy atom. The topological polar surface area (TPSA) is 60.9 Å². The SMILES string of the molecule is CC12CCC(C(C(=O)N3CC3C#N)C1=O)C2(C)C. The van der Waals surface area contributed by atoms with E-state index in [1.165, 1.54) is 0 Å². The molecule has 0 spiro atoms. The highest BCUT2D eigenvalue weighted by Gasteiger charge is 2.69. The van der Waals surface area contributed by atoms with Crippen molar-refractivity contribution in [2.75, 3.05) is 6.54 Å². The van der Waals surface area contributed by atoms with Gasteiger partial charge >= 0.3 is 0 Å². The third-order valence-corrected chi connectivity index (χ3v) is 5.84. The quantitative estimate of drug-likeness (QED) is 0.518. The fourth-order valence-corrected chi connectivity index (χ4v) is 4.04. The zero-order valence-electron chi connectivity index (χ0n) is 11.1. The van der Waals surface area contributed by atoms with Crippen molar-refractivity contribution in [2.45, 2.75) is 39.7 Å². The molecular weight excluding hydrogens is 228 g/mol. The summed E-state index contributed by atoms with van der Waals surface area (Å²) in [5.41, 5.74) is -0.446. The van der Waals surface area contributed by atoms with Gasteiger partial charge in [-0.1, -0.05) is 20.8 Å². The molecule has 0 aromatic carbocycles. The Morgan fingerprint density at radius 2 is 2.11 bits per heavy atom. The monoisotopic (exact) mass is 246 g/mol. The van der Waals surface area contributed by atoms with Crippen LogP contribution in [0.1, 0.15) is 33.6 Å². The Balaban J connectivity index is 1.91. The van der Waals surface area contributed by atoms with Crippen LogP contribution in [0, 0.1) is 34.0 Å². The summed E-state index contributed by atoms with van der Waals surface area (Å²) in [6.07, 6.45) is 1.85. The highest BCUT2D eigenvalue weighted by molar-refractivity contribution is 6.08. The van der Waals surface area contributed by atoms with Gasteiger partial charge in [0.2, 0.25) is 5.91 Å². The van der Waals surface area contributed by atoms with Crippen molar-refractivity contribution in [2.24, 2.45) is 22.7 Å². The minimum absolute atomic E-state index is 0.0947. The van der Waals surface area contributed by atoms with Gasteiger partial charge in [-0.3, -0.25) is 9.59 Å². The summed E-state index contributed by atoms with van der Waals surface area (Å²) in [6, 6.07) is 1.78. The van der Waals surface area contributed by atoms with Crippen LogP contribution in [-0.2, 0) is 9.59 Å². The van der Waals surface area contributed by atoms with Crippen molar-refractivity contribution in [3.05, 3.63) is 0 Å². The number of hydrogen-bond donors (Lipinski definition) is 0. The lowest BCUT2D eigenvalue weighted by Crippen LogP contribution is -2.38. The predicted octanol–water partition coefficient (Wildman–Crippen LogP) is 1.36. The van der Waals surface area contributed by atoms with Crippen molar-refractivity contribution >= 4 is 11.7 Å². The van der Waals surface area contributed by atoms with Gasteiger partial charge in [0, 0.05) is 5.41 Å². The number of ketones is 1. The first-order valence-corrected chi connectivity index (χ1v) is 6.59. The van der Waals surface area contributed by atoms with Gasteiger partial charge in [0.25, 0.3) is 0 Å². The van der Waals surface area contributed by atoms with E-state index in [1.807, 2.05) is 6.92 Å². The molecule has 4 unspecified atom stereocenters.